The van der Waals surface area contributed by atoms with E-state index in [1.165, 1.54) is 11.1 Å². The monoisotopic (exact) mass is 283 g/mol. The molecular weight excluding hydrogens is 258 g/mol. The maximum atomic E-state index is 5.74. The van der Waals surface area contributed by atoms with Crippen LogP contribution >= 0.6 is 0 Å². The largest absolute Gasteiger partial charge is 0.491 e. The van der Waals surface area contributed by atoms with Crippen LogP contribution in [0.4, 0.5) is 0 Å². The lowest BCUT2D eigenvalue weighted by Crippen LogP contribution is -2.20. The highest BCUT2D eigenvalue weighted by atomic mass is 16.5. The molecule has 2 rings (SSSR count). The summed E-state index contributed by atoms with van der Waals surface area (Å²) in [6.07, 6.45) is 1.28. The number of nitrogens with one attached hydrogen (secondary N) is 1. The minimum absolute atomic E-state index is 0.209. The molecule has 1 unspecified atom stereocenters. The van der Waals surface area contributed by atoms with Gasteiger partial charge in [-0.2, -0.15) is 0 Å². The van der Waals surface area contributed by atoms with Gasteiger partial charge in [0.25, 0.3) is 0 Å². The molecule has 0 aliphatic carbocycles. The quantitative estimate of drug-likeness (QED) is 0.794. The normalized spacial score (nSPS) is 12.4. The van der Waals surface area contributed by atoms with Gasteiger partial charge in [-0.3, -0.25) is 0 Å². The number of rotatable bonds is 7. The Bertz CT molecular complexity index is 536. The maximum absolute atomic E-state index is 5.74. The van der Waals surface area contributed by atoms with Crippen LogP contribution in [0.1, 0.15) is 44.4 Å². The second-order valence-corrected chi connectivity index (χ2v) is 5.57. The molecule has 0 aliphatic heterocycles. The topological polar surface area (TPSA) is 21.3 Å². The number of benzene rings is 2. The van der Waals surface area contributed by atoms with Gasteiger partial charge in [-0.05, 0) is 43.5 Å². The van der Waals surface area contributed by atoms with Gasteiger partial charge in [0.05, 0.1) is 6.10 Å². The van der Waals surface area contributed by atoms with Crippen LogP contribution in [0.5, 0.6) is 5.75 Å². The van der Waals surface area contributed by atoms with Crippen molar-refractivity contribution in [1.82, 2.24) is 5.32 Å². The molecule has 0 bridgehead atoms. The highest BCUT2D eigenvalue weighted by molar-refractivity contribution is 5.29. The molecule has 21 heavy (non-hydrogen) atoms. The van der Waals surface area contributed by atoms with E-state index < -0.39 is 0 Å². The summed E-state index contributed by atoms with van der Waals surface area (Å²) in [6.45, 7) is 7.16. The van der Waals surface area contributed by atoms with E-state index in [1.54, 1.807) is 0 Å². The van der Waals surface area contributed by atoms with Gasteiger partial charge in [0.1, 0.15) is 5.75 Å². The van der Waals surface area contributed by atoms with E-state index in [-0.39, 0.29) is 6.10 Å². The molecule has 0 radical (unpaired) electrons. The van der Waals surface area contributed by atoms with E-state index in [0.29, 0.717) is 6.04 Å². The highest BCUT2D eigenvalue weighted by Gasteiger charge is 2.08. The zero-order valence-electron chi connectivity index (χ0n) is 13.2. The summed E-state index contributed by atoms with van der Waals surface area (Å²) in [6, 6.07) is 19.3. The van der Waals surface area contributed by atoms with Crippen molar-refractivity contribution in [3.63, 3.8) is 0 Å². The average Bonchev–Trinajstić information content (AvgIpc) is 2.49. The molecule has 0 spiro atoms. The number of hydrogen-bond donors (Lipinski definition) is 1. The van der Waals surface area contributed by atoms with Gasteiger partial charge >= 0.3 is 0 Å². The summed E-state index contributed by atoms with van der Waals surface area (Å²) in [5.74, 6) is 0.942. The molecule has 2 nitrogen and oxygen atoms in total. The SMILES string of the molecule is CCC(NCc1cccc(OC(C)C)c1)c1ccccc1. The van der Waals surface area contributed by atoms with Crippen molar-refractivity contribution in [3.05, 3.63) is 65.7 Å². The lowest BCUT2D eigenvalue weighted by molar-refractivity contribution is 0.242. The summed E-state index contributed by atoms with van der Waals surface area (Å²) in [7, 11) is 0. The van der Waals surface area contributed by atoms with E-state index >= 15 is 0 Å². The summed E-state index contributed by atoms with van der Waals surface area (Å²) >= 11 is 0. The van der Waals surface area contributed by atoms with Crippen molar-refractivity contribution >= 4 is 0 Å². The predicted octanol–water partition coefficient (Wildman–Crippen LogP) is 4.71. The Kier molecular flexibility index (Phi) is 5.82. The van der Waals surface area contributed by atoms with Crippen LogP contribution in [-0.2, 0) is 6.54 Å². The van der Waals surface area contributed by atoms with E-state index in [9.17, 15) is 0 Å². The highest BCUT2D eigenvalue weighted by Crippen LogP contribution is 2.19. The second-order valence-electron chi connectivity index (χ2n) is 5.57. The van der Waals surface area contributed by atoms with E-state index in [4.69, 9.17) is 4.74 Å². The Hall–Kier alpha value is -1.80. The molecular formula is C19H25NO. The van der Waals surface area contributed by atoms with Crippen molar-refractivity contribution in [3.8, 4) is 5.75 Å². The zero-order valence-corrected chi connectivity index (χ0v) is 13.2. The number of hydrogen-bond acceptors (Lipinski definition) is 2. The van der Waals surface area contributed by atoms with Crippen LogP contribution in [0, 0.1) is 0 Å². The van der Waals surface area contributed by atoms with Gasteiger partial charge in [-0.15, -0.1) is 0 Å². The number of ether oxygens (including phenoxy) is 1. The van der Waals surface area contributed by atoms with Crippen LogP contribution < -0.4 is 10.1 Å². The van der Waals surface area contributed by atoms with E-state index in [1.807, 2.05) is 19.9 Å². The van der Waals surface area contributed by atoms with Gasteiger partial charge in [0.2, 0.25) is 0 Å². The molecule has 0 saturated carbocycles. The van der Waals surface area contributed by atoms with E-state index in [0.717, 1.165) is 18.7 Å². The van der Waals surface area contributed by atoms with Gasteiger partial charge in [-0.25, -0.2) is 0 Å². The Morgan fingerprint density at radius 3 is 2.43 bits per heavy atom. The molecule has 2 heteroatoms. The molecule has 0 amide bonds. The third kappa shape index (κ3) is 4.91. The van der Waals surface area contributed by atoms with Crippen molar-refractivity contribution < 1.29 is 4.74 Å². The third-order valence-electron chi connectivity index (χ3n) is 3.43. The first-order valence-corrected chi connectivity index (χ1v) is 7.73. The first-order chi connectivity index (χ1) is 10.2. The Labute approximate surface area is 128 Å². The smallest absolute Gasteiger partial charge is 0.120 e. The zero-order chi connectivity index (χ0) is 15.1. The van der Waals surface area contributed by atoms with Gasteiger partial charge in [0.15, 0.2) is 0 Å². The fourth-order valence-electron chi connectivity index (χ4n) is 2.43. The maximum Gasteiger partial charge on any atom is 0.120 e. The second kappa shape index (κ2) is 7.84. The van der Waals surface area contributed by atoms with Crippen LogP contribution in [0.3, 0.4) is 0 Å². The van der Waals surface area contributed by atoms with Crippen molar-refractivity contribution in [2.75, 3.05) is 0 Å². The van der Waals surface area contributed by atoms with Crippen LogP contribution in [0.15, 0.2) is 54.6 Å². The molecule has 1 N–H and O–H groups in total. The minimum atomic E-state index is 0.209. The fraction of sp³-hybridized carbons (Fsp3) is 0.368. The van der Waals surface area contributed by atoms with Crippen LogP contribution in [0.2, 0.25) is 0 Å². The predicted molar refractivity (Wildman–Crippen MR) is 88.5 cm³/mol. The summed E-state index contributed by atoms with van der Waals surface area (Å²) < 4.78 is 5.74. The fourth-order valence-corrected chi connectivity index (χ4v) is 2.43. The van der Waals surface area contributed by atoms with E-state index in [2.05, 4.69) is 60.8 Å². The molecule has 0 aliphatic rings. The van der Waals surface area contributed by atoms with Crippen LogP contribution in [0.25, 0.3) is 0 Å². The first kappa shape index (κ1) is 15.6. The summed E-state index contributed by atoms with van der Waals surface area (Å²) in [5, 5.41) is 3.63. The molecule has 2 aromatic rings. The third-order valence-corrected chi connectivity index (χ3v) is 3.43. The average molecular weight is 283 g/mol. The molecule has 112 valence electrons. The van der Waals surface area contributed by atoms with Gasteiger partial charge in [0, 0.05) is 12.6 Å². The summed E-state index contributed by atoms with van der Waals surface area (Å²) in [5.41, 5.74) is 2.59. The van der Waals surface area contributed by atoms with Crippen molar-refractivity contribution in [2.24, 2.45) is 0 Å². The molecule has 0 heterocycles. The minimum Gasteiger partial charge on any atom is -0.491 e. The Balaban J connectivity index is 1.98. The van der Waals surface area contributed by atoms with Crippen molar-refractivity contribution in [1.29, 1.82) is 0 Å². The van der Waals surface area contributed by atoms with Crippen LogP contribution in [-0.4, -0.2) is 6.10 Å². The lowest BCUT2D eigenvalue weighted by Gasteiger charge is -2.18. The standard InChI is InChI=1S/C19H25NO/c1-4-19(17-10-6-5-7-11-17)20-14-16-9-8-12-18(13-16)21-15(2)3/h5-13,15,19-20H,4,14H2,1-3H3. The Morgan fingerprint density at radius 1 is 1.00 bits per heavy atom. The van der Waals surface area contributed by atoms with Gasteiger partial charge < -0.3 is 10.1 Å². The molecule has 0 aromatic heterocycles. The molecule has 0 saturated heterocycles. The first-order valence-electron chi connectivity index (χ1n) is 7.73. The Morgan fingerprint density at radius 2 is 1.76 bits per heavy atom. The summed E-state index contributed by atoms with van der Waals surface area (Å²) in [4.78, 5) is 0. The molecule has 1 atom stereocenters. The van der Waals surface area contributed by atoms with Crippen molar-refractivity contribution in [2.45, 2.75) is 45.9 Å². The van der Waals surface area contributed by atoms with Gasteiger partial charge in [-0.1, -0.05) is 49.4 Å². The molecule has 2 aromatic carbocycles. The lowest BCUT2D eigenvalue weighted by atomic mass is 10.0. The molecule has 0 fully saturated rings.